The third-order valence-electron chi connectivity index (χ3n) is 2.15. The van der Waals surface area contributed by atoms with Gasteiger partial charge in [0.1, 0.15) is 5.82 Å². The second kappa shape index (κ2) is 3.40. The summed E-state index contributed by atoms with van der Waals surface area (Å²) in [6, 6.07) is 0. The Bertz CT molecular complexity index is 472. The summed E-state index contributed by atoms with van der Waals surface area (Å²) in [6.07, 6.45) is 0. The van der Waals surface area contributed by atoms with E-state index in [2.05, 4.69) is 26.4 Å². The number of thiophene rings is 1. The minimum Gasteiger partial charge on any atom is -0.383 e. The number of hydrogen-bond donors (Lipinski definition) is 1. The average molecular weight is 272 g/mol. The molecule has 0 atom stereocenters. The van der Waals surface area contributed by atoms with Crippen molar-refractivity contribution in [3.8, 4) is 11.1 Å². The zero-order chi connectivity index (χ0) is 10.3. The van der Waals surface area contributed by atoms with E-state index in [1.54, 1.807) is 16.0 Å². The van der Waals surface area contributed by atoms with Crippen molar-refractivity contribution in [2.24, 2.45) is 7.05 Å². The number of aromatic nitrogens is 2. The fourth-order valence-electron chi connectivity index (χ4n) is 1.47. The van der Waals surface area contributed by atoms with Crippen LogP contribution in [0.15, 0.2) is 15.2 Å². The van der Waals surface area contributed by atoms with Gasteiger partial charge in [-0.2, -0.15) is 16.4 Å². The monoisotopic (exact) mass is 271 g/mol. The van der Waals surface area contributed by atoms with Gasteiger partial charge in [-0.25, -0.2) is 0 Å². The van der Waals surface area contributed by atoms with Crippen LogP contribution in [0.1, 0.15) is 5.69 Å². The maximum Gasteiger partial charge on any atom is 0.129 e. The van der Waals surface area contributed by atoms with Crippen LogP contribution in [-0.2, 0) is 7.05 Å². The van der Waals surface area contributed by atoms with Gasteiger partial charge in [-0.15, -0.1) is 0 Å². The third kappa shape index (κ3) is 1.36. The van der Waals surface area contributed by atoms with Gasteiger partial charge in [-0.1, -0.05) is 0 Å². The molecule has 0 unspecified atom stereocenters. The Morgan fingerprint density at radius 1 is 1.50 bits per heavy atom. The number of halogens is 1. The fourth-order valence-corrected chi connectivity index (χ4v) is 2.95. The van der Waals surface area contributed by atoms with Crippen LogP contribution in [0, 0.1) is 6.92 Å². The van der Waals surface area contributed by atoms with Crippen LogP contribution in [0.5, 0.6) is 0 Å². The van der Waals surface area contributed by atoms with Crippen molar-refractivity contribution in [2.45, 2.75) is 6.92 Å². The van der Waals surface area contributed by atoms with E-state index in [1.165, 1.54) is 0 Å². The Morgan fingerprint density at radius 3 is 2.64 bits per heavy atom. The molecule has 74 valence electrons. The Labute approximate surface area is 94.7 Å². The topological polar surface area (TPSA) is 43.8 Å². The molecule has 0 spiro atoms. The van der Waals surface area contributed by atoms with Gasteiger partial charge < -0.3 is 5.73 Å². The first-order valence-corrected chi connectivity index (χ1v) is 5.86. The van der Waals surface area contributed by atoms with E-state index in [1.807, 2.05) is 19.4 Å². The third-order valence-corrected chi connectivity index (χ3v) is 3.85. The Hall–Kier alpha value is -0.810. The van der Waals surface area contributed by atoms with Gasteiger partial charge in [0.05, 0.1) is 5.69 Å². The molecule has 0 radical (unpaired) electrons. The first-order valence-electron chi connectivity index (χ1n) is 4.12. The zero-order valence-corrected chi connectivity index (χ0v) is 10.3. The standard InChI is InChI=1S/C9H10BrN3S/c1-5-8(9(11)13(2)12-5)6-3-14-4-7(6)10/h3-4H,11H2,1-2H3. The molecular formula is C9H10BrN3S. The number of nitrogens with zero attached hydrogens (tertiary/aromatic N) is 2. The van der Waals surface area contributed by atoms with Crippen molar-refractivity contribution in [3.05, 3.63) is 20.9 Å². The van der Waals surface area contributed by atoms with Crippen molar-refractivity contribution in [1.82, 2.24) is 9.78 Å². The largest absolute Gasteiger partial charge is 0.383 e. The molecule has 0 aliphatic heterocycles. The predicted molar refractivity (Wildman–Crippen MR) is 63.4 cm³/mol. The molecule has 0 fully saturated rings. The van der Waals surface area contributed by atoms with Gasteiger partial charge >= 0.3 is 0 Å². The van der Waals surface area contributed by atoms with Crippen molar-refractivity contribution >= 4 is 33.1 Å². The minimum atomic E-state index is 0.710. The van der Waals surface area contributed by atoms with E-state index < -0.39 is 0 Å². The molecular weight excluding hydrogens is 262 g/mol. The lowest BCUT2D eigenvalue weighted by Crippen LogP contribution is -1.97. The molecule has 5 heteroatoms. The van der Waals surface area contributed by atoms with E-state index in [0.717, 1.165) is 21.3 Å². The maximum atomic E-state index is 5.95. The van der Waals surface area contributed by atoms with E-state index >= 15 is 0 Å². The molecule has 3 nitrogen and oxygen atoms in total. The molecule has 0 aliphatic carbocycles. The fraction of sp³-hybridized carbons (Fsp3) is 0.222. The molecule has 0 aliphatic rings. The lowest BCUT2D eigenvalue weighted by atomic mass is 10.1. The van der Waals surface area contributed by atoms with Gasteiger partial charge in [0.25, 0.3) is 0 Å². The summed E-state index contributed by atoms with van der Waals surface area (Å²) in [5.74, 6) is 0.710. The van der Waals surface area contributed by atoms with Crippen LogP contribution in [0.2, 0.25) is 0 Å². The molecule has 2 N–H and O–H groups in total. The summed E-state index contributed by atoms with van der Waals surface area (Å²) in [4.78, 5) is 0. The Balaban J connectivity index is 2.68. The van der Waals surface area contributed by atoms with Crippen LogP contribution in [-0.4, -0.2) is 9.78 Å². The van der Waals surface area contributed by atoms with Crippen LogP contribution in [0.4, 0.5) is 5.82 Å². The maximum absolute atomic E-state index is 5.95. The summed E-state index contributed by atoms with van der Waals surface area (Å²) in [5, 5.41) is 8.40. The molecule has 0 bridgehead atoms. The summed E-state index contributed by atoms with van der Waals surface area (Å²) >= 11 is 5.15. The lowest BCUT2D eigenvalue weighted by molar-refractivity contribution is 0.767. The van der Waals surface area contributed by atoms with Crippen molar-refractivity contribution in [2.75, 3.05) is 5.73 Å². The molecule has 0 aromatic carbocycles. The number of rotatable bonds is 1. The van der Waals surface area contributed by atoms with Crippen molar-refractivity contribution in [3.63, 3.8) is 0 Å². The van der Waals surface area contributed by atoms with E-state index in [0.29, 0.717) is 5.82 Å². The molecule has 0 saturated heterocycles. The summed E-state index contributed by atoms with van der Waals surface area (Å²) in [5.41, 5.74) is 9.06. The quantitative estimate of drug-likeness (QED) is 0.867. The minimum absolute atomic E-state index is 0.710. The van der Waals surface area contributed by atoms with Crippen molar-refractivity contribution < 1.29 is 0 Å². The zero-order valence-electron chi connectivity index (χ0n) is 7.91. The van der Waals surface area contributed by atoms with E-state index in [-0.39, 0.29) is 0 Å². The molecule has 2 rings (SSSR count). The second-order valence-corrected chi connectivity index (χ2v) is 4.70. The first kappa shape index (κ1) is 9.73. The summed E-state index contributed by atoms with van der Waals surface area (Å²) < 4.78 is 2.78. The highest BCUT2D eigenvalue weighted by atomic mass is 79.9. The highest BCUT2D eigenvalue weighted by Gasteiger charge is 2.15. The van der Waals surface area contributed by atoms with Crippen molar-refractivity contribution in [1.29, 1.82) is 0 Å². The Kier molecular flexibility index (Phi) is 2.36. The number of aryl methyl sites for hydroxylation is 2. The summed E-state index contributed by atoms with van der Waals surface area (Å²) in [7, 11) is 1.85. The average Bonchev–Trinajstić information content (AvgIpc) is 2.60. The van der Waals surface area contributed by atoms with Gasteiger partial charge in [0.2, 0.25) is 0 Å². The van der Waals surface area contributed by atoms with E-state index in [4.69, 9.17) is 5.73 Å². The SMILES string of the molecule is Cc1nn(C)c(N)c1-c1cscc1Br. The smallest absolute Gasteiger partial charge is 0.129 e. The predicted octanol–water partition coefficient (Wildman–Crippen LogP) is 2.80. The molecule has 2 aromatic heterocycles. The number of nitrogens with two attached hydrogens (primary N) is 1. The number of hydrogen-bond acceptors (Lipinski definition) is 3. The van der Waals surface area contributed by atoms with Crippen LogP contribution < -0.4 is 5.73 Å². The normalized spacial score (nSPS) is 10.8. The van der Waals surface area contributed by atoms with Crippen LogP contribution in [0.3, 0.4) is 0 Å². The van der Waals surface area contributed by atoms with Gasteiger partial charge in [0, 0.05) is 28.0 Å². The lowest BCUT2D eigenvalue weighted by Gasteiger charge is -1.99. The molecule has 2 aromatic rings. The van der Waals surface area contributed by atoms with Crippen LogP contribution in [0.25, 0.3) is 11.1 Å². The second-order valence-electron chi connectivity index (χ2n) is 3.10. The Morgan fingerprint density at radius 2 is 2.21 bits per heavy atom. The molecule has 0 amide bonds. The van der Waals surface area contributed by atoms with Gasteiger partial charge in [0.15, 0.2) is 0 Å². The van der Waals surface area contributed by atoms with Crippen LogP contribution >= 0.6 is 27.3 Å². The highest BCUT2D eigenvalue weighted by Crippen LogP contribution is 2.36. The van der Waals surface area contributed by atoms with Gasteiger partial charge in [-0.05, 0) is 28.2 Å². The molecule has 14 heavy (non-hydrogen) atoms. The number of anilines is 1. The molecule has 0 saturated carbocycles. The van der Waals surface area contributed by atoms with E-state index in [9.17, 15) is 0 Å². The summed E-state index contributed by atoms with van der Waals surface area (Å²) in [6.45, 7) is 1.97. The first-order chi connectivity index (χ1) is 6.61. The molecule has 2 heterocycles. The highest BCUT2D eigenvalue weighted by molar-refractivity contribution is 9.10. The number of nitrogen functional groups attached to an aromatic ring is 1. The van der Waals surface area contributed by atoms with Gasteiger partial charge in [-0.3, -0.25) is 4.68 Å².